The van der Waals surface area contributed by atoms with Gasteiger partial charge in [0.15, 0.2) is 5.82 Å². The van der Waals surface area contributed by atoms with Gasteiger partial charge in [-0.15, -0.1) is 0 Å². The second kappa shape index (κ2) is 6.18. The number of methoxy groups -OCH3 is 1. The van der Waals surface area contributed by atoms with E-state index in [1.807, 2.05) is 0 Å². The van der Waals surface area contributed by atoms with Crippen LogP contribution in [0.4, 0.5) is 23.8 Å². The first-order valence-corrected chi connectivity index (χ1v) is 6.36. The number of alkyl halides is 3. The number of aromatic nitrogens is 2. The van der Waals surface area contributed by atoms with Crippen molar-refractivity contribution in [3.63, 3.8) is 0 Å². The number of nitrogens with zero attached hydrogens (tertiary/aromatic N) is 3. The van der Waals surface area contributed by atoms with Gasteiger partial charge in [-0.2, -0.15) is 23.5 Å². The average Bonchev–Trinajstić information content (AvgIpc) is 2.88. The van der Waals surface area contributed by atoms with Crippen LogP contribution in [0.2, 0.25) is 5.02 Å². The molecule has 0 atom stereocenters. The minimum atomic E-state index is -4.54. The molecule has 0 aliphatic heterocycles. The third-order valence-corrected chi connectivity index (χ3v) is 3.10. The highest BCUT2D eigenvalue weighted by Gasteiger charge is 2.31. The first-order chi connectivity index (χ1) is 10.8. The Labute approximate surface area is 133 Å². The van der Waals surface area contributed by atoms with E-state index >= 15 is 0 Å². The third kappa shape index (κ3) is 3.37. The van der Waals surface area contributed by atoms with E-state index in [4.69, 9.17) is 16.9 Å². The third-order valence-electron chi connectivity index (χ3n) is 2.80. The van der Waals surface area contributed by atoms with Crippen molar-refractivity contribution in [2.45, 2.75) is 6.18 Å². The smallest absolute Gasteiger partial charge is 0.416 e. The van der Waals surface area contributed by atoms with Crippen molar-refractivity contribution < 1.29 is 22.7 Å². The second-order valence-electron chi connectivity index (χ2n) is 4.21. The lowest BCUT2D eigenvalue weighted by Gasteiger charge is -2.12. The number of carbonyl (C=O) groups is 1. The van der Waals surface area contributed by atoms with E-state index in [1.54, 1.807) is 6.07 Å². The van der Waals surface area contributed by atoms with E-state index in [9.17, 15) is 18.0 Å². The van der Waals surface area contributed by atoms with Crippen molar-refractivity contribution >= 4 is 23.5 Å². The van der Waals surface area contributed by atoms with Crippen molar-refractivity contribution in [2.24, 2.45) is 0 Å². The largest absolute Gasteiger partial charge is 0.453 e. The van der Waals surface area contributed by atoms with Crippen LogP contribution in [0.1, 0.15) is 11.1 Å². The van der Waals surface area contributed by atoms with Crippen LogP contribution >= 0.6 is 11.6 Å². The van der Waals surface area contributed by atoms with Crippen LogP contribution in [0.15, 0.2) is 24.4 Å². The second-order valence-corrected chi connectivity index (χ2v) is 4.62. The molecule has 2 aromatic rings. The Morgan fingerprint density at radius 2 is 2.17 bits per heavy atom. The number of benzene rings is 1. The number of hydrogen-bond donors (Lipinski definition) is 1. The Balaban J connectivity index is 2.53. The molecule has 0 unspecified atom stereocenters. The van der Waals surface area contributed by atoms with Gasteiger partial charge in [-0.05, 0) is 18.2 Å². The predicted octanol–water partition coefficient (Wildman–Crippen LogP) is 3.59. The molecule has 0 aliphatic rings. The van der Waals surface area contributed by atoms with E-state index in [1.165, 1.54) is 0 Å². The molecule has 2 rings (SSSR count). The van der Waals surface area contributed by atoms with E-state index < -0.39 is 17.8 Å². The molecular weight excluding hydrogens is 337 g/mol. The van der Waals surface area contributed by atoms with Gasteiger partial charge in [0, 0.05) is 0 Å². The summed E-state index contributed by atoms with van der Waals surface area (Å²) in [6.45, 7) is 0. The summed E-state index contributed by atoms with van der Waals surface area (Å²) in [4.78, 5) is 11.3. The molecule has 0 radical (unpaired) electrons. The molecule has 1 aromatic heterocycles. The Hall–Kier alpha value is -2.73. The number of nitriles is 1. The highest BCUT2D eigenvalue weighted by atomic mass is 35.5. The zero-order valence-corrected chi connectivity index (χ0v) is 12.2. The van der Waals surface area contributed by atoms with Crippen molar-refractivity contribution in [1.29, 1.82) is 5.26 Å². The van der Waals surface area contributed by atoms with Gasteiger partial charge in [-0.25, -0.2) is 9.48 Å². The van der Waals surface area contributed by atoms with Gasteiger partial charge in [0.2, 0.25) is 0 Å². The van der Waals surface area contributed by atoms with Crippen LogP contribution in [0.25, 0.3) is 5.69 Å². The molecule has 1 heterocycles. The summed E-state index contributed by atoms with van der Waals surface area (Å²) in [6.07, 6.45) is -4.28. The highest BCUT2D eigenvalue weighted by Crippen LogP contribution is 2.34. The van der Waals surface area contributed by atoms with Gasteiger partial charge in [0.05, 0.1) is 29.6 Å². The number of ether oxygens (including phenoxy) is 1. The maximum Gasteiger partial charge on any atom is 0.416 e. The average molecular weight is 345 g/mol. The summed E-state index contributed by atoms with van der Waals surface area (Å²) >= 11 is 5.88. The normalized spacial score (nSPS) is 11.0. The standard InChI is InChI=1S/C13H8ClF3N4O2/c1-23-12(22)20-11-7(5-18)6-19-21(11)10-3-2-8(4-9(10)14)13(15,16)17/h2-4,6H,1H3,(H,20,22). The van der Waals surface area contributed by atoms with Crippen molar-refractivity contribution in [3.05, 3.63) is 40.5 Å². The van der Waals surface area contributed by atoms with Crippen LogP contribution in [0, 0.1) is 11.3 Å². The van der Waals surface area contributed by atoms with Gasteiger partial charge in [0.1, 0.15) is 11.6 Å². The summed E-state index contributed by atoms with van der Waals surface area (Å²) in [7, 11) is 1.12. The van der Waals surface area contributed by atoms with E-state index in [0.29, 0.717) is 0 Å². The molecule has 120 valence electrons. The van der Waals surface area contributed by atoms with Crippen molar-refractivity contribution in [2.75, 3.05) is 12.4 Å². The number of rotatable bonds is 2. The number of amides is 1. The van der Waals surface area contributed by atoms with Crippen molar-refractivity contribution in [1.82, 2.24) is 9.78 Å². The molecule has 0 spiro atoms. The zero-order chi connectivity index (χ0) is 17.2. The lowest BCUT2D eigenvalue weighted by molar-refractivity contribution is -0.137. The lowest BCUT2D eigenvalue weighted by Crippen LogP contribution is -2.15. The predicted molar refractivity (Wildman–Crippen MR) is 74.3 cm³/mol. The number of anilines is 1. The molecule has 0 saturated heterocycles. The molecule has 0 bridgehead atoms. The van der Waals surface area contributed by atoms with Crippen LogP contribution in [0.5, 0.6) is 0 Å². The first-order valence-electron chi connectivity index (χ1n) is 5.98. The van der Waals surface area contributed by atoms with Gasteiger partial charge < -0.3 is 4.74 Å². The number of carbonyl (C=O) groups excluding carboxylic acids is 1. The molecular formula is C13H8ClF3N4O2. The molecule has 23 heavy (non-hydrogen) atoms. The molecule has 6 nitrogen and oxygen atoms in total. The Morgan fingerprint density at radius 1 is 1.48 bits per heavy atom. The highest BCUT2D eigenvalue weighted by molar-refractivity contribution is 6.32. The van der Waals surface area contributed by atoms with Crippen molar-refractivity contribution in [3.8, 4) is 11.8 Å². The van der Waals surface area contributed by atoms with Gasteiger partial charge in [-0.3, -0.25) is 5.32 Å². The monoisotopic (exact) mass is 344 g/mol. The SMILES string of the molecule is COC(=O)Nc1c(C#N)cnn1-c1ccc(C(F)(F)F)cc1Cl. The van der Waals surface area contributed by atoms with Gasteiger partial charge in [-0.1, -0.05) is 11.6 Å². The molecule has 1 N–H and O–H groups in total. The summed E-state index contributed by atoms with van der Waals surface area (Å²) in [5, 5.41) is 14.9. The molecule has 1 amide bonds. The fourth-order valence-electron chi connectivity index (χ4n) is 1.74. The van der Waals surface area contributed by atoms with Crippen LogP contribution < -0.4 is 5.32 Å². The fraction of sp³-hybridized carbons (Fsp3) is 0.154. The minimum absolute atomic E-state index is 0.00800. The fourth-order valence-corrected chi connectivity index (χ4v) is 2.00. The Bertz CT molecular complexity index is 795. The maximum absolute atomic E-state index is 12.7. The zero-order valence-electron chi connectivity index (χ0n) is 11.5. The van der Waals surface area contributed by atoms with Gasteiger partial charge in [0.25, 0.3) is 0 Å². The van der Waals surface area contributed by atoms with Gasteiger partial charge >= 0.3 is 12.3 Å². The van der Waals surface area contributed by atoms with E-state index in [-0.39, 0.29) is 22.1 Å². The number of hydrogen-bond acceptors (Lipinski definition) is 4. The summed E-state index contributed by atoms with van der Waals surface area (Å²) in [6, 6.07) is 4.42. The van der Waals surface area contributed by atoms with Crippen LogP contribution in [-0.4, -0.2) is 23.0 Å². The van der Waals surface area contributed by atoms with Crippen LogP contribution in [0.3, 0.4) is 0 Å². The molecule has 0 aliphatic carbocycles. The lowest BCUT2D eigenvalue weighted by atomic mass is 10.2. The summed E-state index contributed by atoms with van der Waals surface area (Å²) < 4.78 is 43.4. The van der Waals surface area contributed by atoms with E-state index in [2.05, 4.69) is 15.2 Å². The Kier molecular flexibility index (Phi) is 4.47. The summed E-state index contributed by atoms with van der Waals surface area (Å²) in [5.74, 6) is -0.0685. The molecule has 0 fully saturated rings. The van der Waals surface area contributed by atoms with Crippen LogP contribution in [-0.2, 0) is 10.9 Å². The number of nitrogens with one attached hydrogen (secondary N) is 1. The summed E-state index contributed by atoms with van der Waals surface area (Å²) in [5.41, 5.74) is -0.875. The van der Waals surface area contributed by atoms with E-state index in [0.717, 1.165) is 36.2 Å². The topological polar surface area (TPSA) is 79.9 Å². The molecule has 0 saturated carbocycles. The molecule has 1 aromatic carbocycles. The first kappa shape index (κ1) is 16.6. The maximum atomic E-state index is 12.7. The number of halogens is 4. The Morgan fingerprint density at radius 3 is 2.70 bits per heavy atom. The minimum Gasteiger partial charge on any atom is -0.453 e. The molecule has 10 heteroatoms. The quantitative estimate of drug-likeness (QED) is 0.902.